The Balaban J connectivity index is 1.69. The Labute approximate surface area is 175 Å². The lowest BCUT2D eigenvalue weighted by Gasteiger charge is -2.43. The van der Waals surface area contributed by atoms with Gasteiger partial charge in [0, 0.05) is 42.9 Å². The van der Waals surface area contributed by atoms with Gasteiger partial charge in [-0.1, -0.05) is 12.1 Å². The van der Waals surface area contributed by atoms with E-state index in [0.29, 0.717) is 31.0 Å². The molecule has 9 heteroatoms. The minimum Gasteiger partial charge on any atom is -0.406 e. The Kier molecular flexibility index (Phi) is 5.57. The number of likely N-dealkylation sites (tertiary alicyclic amines) is 1. The molecule has 2 aromatic rings. The molecule has 0 radical (unpaired) electrons. The predicted octanol–water partition coefficient (Wildman–Crippen LogP) is 3.72. The van der Waals surface area contributed by atoms with E-state index in [1.165, 1.54) is 30.0 Å². The molecule has 2 aliphatic heterocycles. The van der Waals surface area contributed by atoms with Crippen LogP contribution in [0, 0.1) is 5.92 Å². The van der Waals surface area contributed by atoms with E-state index in [-0.39, 0.29) is 29.1 Å². The predicted molar refractivity (Wildman–Crippen MR) is 109 cm³/mol. The van der Waals surface area contributed by atoms with Crippen LogP contribution in [0.15, 0.2) is 41.2 Å². The van der Waals surface area contributed by atoms with Gasteiger partial charge in [0.1, 0.15) is 5.75 Å². The third-order valence-electron chi connectivity index (χ3n) is 5.61. The smallest absolute Gasteiger partial charge is 0.406 e. The average molecular weight is 438 g/mol. The van der Waals surface area contributed by atoms with Crippen LogP contribution in [0.25, 0.3) is 11.1 Å². The highest BCUT2D eigenvalue weighted by atomic mass is 32.2. The van der Waals surface area contributed by atoms with Gasteiger partial charge in [-0.15, -0.1) is 13.2 Å². The maximum absolute atomic E-state index is 12.5. The summed E-state index contributed by atoms with van der Waals surface area (Å²) < 4.78 is 43.0. The number of halogens is 3. The molecule has 160 valence electrons. The number of pyridine rings is 1. The van der Waals surface area contributed by atoms with Gasteiger partial charge >= 0.3 is 6.36 Å². The van der Waals surface area contributed by atoms with E-state index in [9.17, 15) is 22.8 Å². The number of alkyl halides is 3. The molecular formula is C21H21F3N2O3S. The summed E-state index contributed by atoms with van der Waals surface area (Å²) in [5.41, 5.74) is 2.27. The molecule has 30 heavy (non-hydrogen) atoms. The van der Waals surface area contributed by atoms with Crippen LogP contribution < -0.4 is 10.3 Å². The fraction of sp³-hybridized carbons (Fsp3) is 0.429. The van der Waals surface area contributed by atoms with Crippen LogP contribution in [0.2, 0.25) is 0 Å². The molecule has 1 fully saturated rings. The van der Waals surface area contributed by atoms with E-state index < -0.39 is 6.36 Å². The topological polar surface area (TPSA) is 51.5 Å². The zero-order chi connectivity index (χ0) is 21.5. The minimum absolute atomic E-state index is 0.0123. The number of amides is 1. The van der Waals surface area contributed by atoms with Crippen LogP contribution in [0.5, 0.6) is 5.75 Å². The van der Waals surface area contributed by atoms with Crippen LogP contribution >= 0.6 is 11.8 Å². The lowest BCUT2D eigenvalue weighted by Crippen LogP contribution is -2.49. The van der Waals surface area contributed by atoms with Crippen molar-refractivity contribution in [1.29, 1.82) is 0 Å². The number of carbonyl (C=O) groups excluding carboxylic acids is 1. The summed E-state index contributed by atoms with van der Waals surface area (Å²) in [6.07, 6.45) is -1.97. The molecule has 3 heterocycles. The van der Waals surface area contributed by atoms with Gasteiger partial charge in [0.15, 0.2) is 0 Å². The quantitative estimate of drug-likeness (QED) is 0.730. The SMILES string of the molecule is CSCC(=O)N1CC2CC(C1)c1c(-c3ccc(OC(F)(F)F)cc3)ccc(=O)n1C2. The average Bonchev–Trinajstić information content (AvgIpc) is 2.68. The van der Waals surface area contributed by atoms with E-state index in [2.05, 4.69) is 4.74 Å². The molecule has 1 aromatic heterocycles. The first-order chi connectivity index (χ1) is 14.2. The number of carbonyl (C=O) groups is 1. The monoisotopic (exact) mass is 438 g/mol. The number of benzene rings is 1. The molecule has 0 N–H and O–H groups in total. The second-order valence-electron chi connectivity index (χ2n) is 7.68. The summed E-state index contributed by atoms with van der Waals surface area (Å²) in [4.78, 5) is 26.9. The summed E-state index contributed by atoms with van der Waals surface area (Å²) in [5.74, 6) is 0.462. The Morgan fingerprint density at radius 1 is 1.13 bits per heavy atom. The van der Waals surface area contributed by atoms with E-state index in [0.717, 1.165) is 17.7 Å². The van der Waals surface area contributed by atoms with Crippen molar-refractivity contribution in [2.45, 2.75) is 25.2 Å². The molecule has 5 nitrogen and oxygen atoms in total. The van der Waals surface area contributed by atoms with Gasteiger partial charge in [-0.3, -0.25) is 9.59 Å². The molecule has 1 aromatic carbocycles. The zero-order valence-corrected chi connectivity index (χ0v) is 17.1. The lowest BCUT2D eigenvalue weighted by molar-refractivity contribution is -0.274. The van der Waals surface area contributed by atoms with Crippen molar-refractivity contribution >= 4 is 17.7 Å². The first-order valence-corrected chi connectivity index (χ1v) is 11.0. The highest BCUT2D eigenvalue weighted by Gasteiger charge is 2.37. The first-order valence-electron chi connectivity index (χ1n) is 9.62. The number of hydrogen-bond donors (Lipinski definition) is 0. The standard InChI is InChI=1S/C21H21F3N2O3S/c1-30-12-19(28)25-9-13-8-15(11-25)20-17(6-7-18(27)26(20)10-13)14-2-4-16(5-3-14)29-21(22,23)24/h2-7,13,15H,8-12H2,1H3. The van der Waals surface area contributed by atoms with Crippen molar-refractivity contribution in [2.24, 2.45) is 5.92 Å². The summed E-state index contributed by atoms with van der Waals surface area (Å²) in [6, 6.07) is 8.88. The normalized spacial score (nSPS) is 20.6. The van der Waals surface area contributed by atoms with Crippen molar-refractivity contribution in [3.05, 3.63) is 52.4 Å². The van der Waals surface area contributed by atoms with Crippen molar-refractivity contribution in [1.82, 2.24) is 9.47 Å². The molecular weight excluding hydrogens is 417 g/mol. The molecule has 0 saturated carbocycles. The molecule has 2 unspecified atom stereocenters. The van der Waals surface area contributed by atoms with Gasteiger partial charge < -0.3 is 14.2 Å². The summed E-state index contributed by atoms with van der Waals surface area (Å²) in [5, 5.41) is 0. The number of aromatic nitrogens is 1. The number of fused-ring (bicyclic) bond motifs is 4. The summed E-state index contributed by atoms with van der Waals surface area (Å²) in [7, 11) is 0. The third-order valence-corrected chi connectivity index (χ3v) is 6.15. The van der Waals surface area contributed by atoms with Crippen LogP contribution in [0.3, 0.4) is 0 Å². The first kappa shape index (κ1) is 20.8. The molecule has 1 saturated heterocycles. The van der Waals surface area contributed by atoms with E-state index in [1.54, 1.807) is 22.8 Å². The van der Waals surface area contributed by atoms with Gasteiger partial charge in [0.25, 0.3) is 5.56 Å². The largest absolute Gasteiger partial charge is 0.573 e. The lowest BCUT2D eigenvalue weighted by atomic mass is 9.80. The van der Waals surface area contributed by atoms with Crippen LogP contribution in [0.1, 0.15) is 18.0 Å². The molecule has 2 bridgehead atoms. The van der Waals surface area contributed by atoms with Crippen LogP contribution in [-0.2, 0) is 11.3 Å². The molecule has 2 aliphatic rings. The molecule has 1 amide bonds. The van der Waals surface area contributed by atoms with E-state index in [4.69, 9.17) is 0 Å². The number of hydrogen-bond acceptors (Lipinski definition) is 4. The van der Waals surface area contributed by atoms with Crippen molar-refractivity contribution in [3.8, 4) is 16.9 Å². The van der Waals surface area contributed by atoms with Gasteiger partial charge in [0.2, 0.25) is 5.91 Å². The van der Waals surface area contributed by atoms with Gasteiger partial charge in [-0.2, -0.15) is 11.8 Å². The molecule has 0 spiro atoms. The number of rotatable bonds is 4. The highest BCUT2D eigenvalue weighted by Crippen LogP contribution is 2.40. The van der Waals surface area contributed by atoms with Crippen molar-refractivity contribution < 1.29 is 22.7 Å². The number of nitrogens with zero attached hydrogens (tertiary/aromatic N) is 2. The minimum atomic E-state index is -4.75. The van der Waals surface area contributed by atoms with E-state index >= 15 is 0 Å². The second-order valence-corrected chi connectivity index (χ2v) is 8.55. The molecule has 2 atom stereocenters. The van der Waals surface area contributed by atoms with Crippen molar-refractivity contribution in [3.63, 3.8) is 0 Å². The highest BCUT2D eigenvalue weighted by molar-refractivity contribution is 7.99. The summed E-state index contributed by atoms with van der Waals surface area (Å²) >= 11 is 1.49. The zero-order valence-electron chi connectivity index (χ0n) is 16.3. The van der Waals surface area contributed by atoms with Crippen LogP contribution in [0.4, 0.5) is 13.2 Å². The Morgan fingerprint density at radius 3 is 2.53 bits per heavy atom. The Morgan fingerprint density at radius 2 is 1.87 bits per heavy atom. The van der Waals surface area contributed by atoms with E-state index in [1.807, 2.05) is 11.2 Å². The Bertz CT molecular complexity index is 1000. The fourth-order valence-electron chi connectivity index (χ4n) is 4.51. The van der Waals surface area contributed by atoms with Gasteiger partial charge in [-0.05, 0) is 42.4 Å². The van der Waals surface area contributed by atoms with Gasteiger partial charge in [-0.25, -0.2) is 0 Å². The van der Waals surface area contributed by atoms with Crippen LogP contribution in [-0.4, -0.2) is 46.8 Å². The Hall–Kier alpha value is -2.42. The maximum atomic E-state index is 12.5. The maximum Gasteiger partial charge on any atom is 0.573 e. The molecule has 0 aliphatic carbocycles. The summed E-state index contributed by atoms with van der Waals surface area (Å²) in [6.45, 7) is 1.73. The molecule has 4 rings (SSSR count). The fourth-order valence-corrected chi connectivity index (χ4v) is 4.94. The third kappa shape index (κ3) is 4.21. The number of piperidine rings is 1. The van der Waals surface area contributed by atoms with Gasteiger partial charge in [0.05, 0.1) is 5.75 Å². The number of ether oxygens (including phenoxy) is 1. The second kappa shape index (κ2) is 8.02. The van der Waals surface area contributed by atoms with Crippen molar-refractivity contribution in [2.75, 3.05) is 25.1 Å². The number of thioether (sulfide) groups is 1.